The molecule has 1 aromatic rings. The third kappa shape index (κ3) is 4.85. The summed E-state index contributed by atoms with van der Waals surface area (Å²) in [5.74, 6) is -2.29. The van der Waals surface area contributed by atoms with Gasteiger partial charge < -0.3 is 30.1 Å². The van der Waals surface area contributed by atoms with Crippen LogP contribution in [0.5, 0.6) is 0 Å². The molecule has 1 fully saturated rings. The minimum absolute atomic E-state index is 0.0701. The molecule has 0 aliphatic carbocycles. The molecule has 0 unspecified atom stereocenters. The van der Waals surface area contributed by atoms with Crippen LogP contribution in [0.15, 0.2) is 30.0 Å². The molecule has 10 nitrogen and oxygen atoms in total. The molecule has 3 rings (SSSR count). The number of fused-ring (bicyclic) bond motifs is 1. The molecule has 0 spiro atoms. The zero-order valence-corrected chi connectivity index (χ0v) is 19.3. The topological polar surface area (TPSA) is 134 Å². The van der Waals surface area contributed by atoms with Crippen molar-refractivity contribution in [1.82, 2.24) is 10.2 Å². The highest BCUT2D eigenvalue weighted by Crippen LogP contribution is 2.47. The number of ether oxygens (including phenoxy) is 2. The van der Waals surface area contributed by atoms with Crippen LogP contribution in [0.3, 0.4) is 0 Å². The number of urea groups is 1. The Labute approximate surface area is 191 Å². The van der Waals surface area contributed by atoms with E-state index < -0.39 is 36.2 Å². The smallest absolute Gasteiger partial charge is 0.358 e. The SMILES string of the molecule is CNC(=O)Nc1ccc(C2=C(C(=O)OCOC(=O)C(C)(C)C)N3C(=O)[C@H]([C@@H](C)O)[C@H]3C2)cc1. The van der Waals surface area contributed by atoms with E-state index in [0.29, 0.717) is 23.2 Å². The van der Waals surface area contributed by atoms with Crippen molar-refractivity contribution in [2.24, 2.45) is 11.3 Å². The van der Waals surface area contributed by atoms with Gasteiger partial charge in [-0.15, -0.1) is 0 Å². The number of aliphatic hydroxyl groups excluding tert-OH is 1. The van der Waals surface area contributed by atoms with Crippen molar-refractivity contribution in [2.75, 3.05) is 19.2 Å². The van der Waals surface area contributed by atoms with Crippen molar-refractivity contribution in [3.8, 4) is 0 Å². The van der Waals surface area contributed by atoms with Crippen LogP contribution in [0.1, 0.15) is 39.7 Å². The van der Waals surface area contributed by atoms with Gasteiger partial charge in [-0.1, -0.05) is 12.1 Å². The maximum atomic E-state index is 12.9. The number of hydrogen-bond donors (Lipinski definition) is 3. The second-order valence-electron chi connectivity index (χ2n) is 9.09. The Hall–Kier alpha value is -3.40. The predicted octanol–water partition coefficient (Wildman–Crippen LogP) is 1.85. The van der Waals surface area contributed by atoms with Crippen molar-refractivity contribution < 1.29 is 33.8 Å². The summed E-state index contributed by atoms with van der Waals surface area (Å²) < 4.78 is 10.2. The van der Waals surface area contributed by atoms with Gasteiger partial charge in [0, 0.05) is 12.7 Å². The van der Waals surface area contributed by atoms with Gasteiger partial charge in [-0.05, 0) is 57.4 Å². The number of carbonyl (C=O) groups is 4. The van der Waals surface area contributed by atoms with E-state index in [1.165, 1.54) is 11.9 Å². The molecule has 0 bridgehead atoms. The molecular weight excluding hydrogens is 430 g/mol. The molecule has 1 saturated heterocycles. The number of hydrogen-bond acceptors (Lipinski definition) is 7. The number of benzene rings is 1. The minimum atomic E-state index is -0.859. The fourth-order valence-corrected chi connectivity index (χ4v) is 3.89. The van der Waals surface area contributed by atoms with Crippen LogP contribution in [-0.2, 0) is 23.9 Å². The third-order valence-electron chi connectivity index (χ3n) is 5.63. The molecule has 0 saturated carbocycles. The lowest BCUT2D eigenvalue weighted by Gasteiger charge is -2.44. The van der Waals surface area contributed by atoms with Crippen LogP contribution in [0.2, 0.25) is 0 Å². The fraction of sp³-hybridized carbons (Fsp3) is 0.478. The highest BCUT2D eigenvalue weighted by molar-refractivity contribution is 6.07. The van der Waals surface area contributed by atoms with Crippen LogP contribution >= 0.6 is 0 Å². The fourth-order valence-electron chi connectivity index (χ4n) is 3.89. The van der Waals surface area contributed by atoms with E-state index in [1.807, 2.05) is 0 Å². The van der Waals surface area contributed by atoms with Gasteiger partial charge in [-0.3, -0.25) is 9.59 Å². The Morgan fingerprint density at radius 1 is 1.18 bits per heavy atom. The van der Waals surface area contributed by atoms with Gasteiger partial charge >= 0.3 is 18.0 Å². The maximum Gasteiger partial charge on any atom is 0.358 e. The number of amides is 3. The van der Waals surface area contributed by atoms with E-state index in [4.69, 9.17) is 9.47 Å². The first-order chi connectivity index (χ1) is 15.5. The number of carbonyl (C=O) groups excluding carboxylic acids is 4. The molecule has 0 radical (unpaired) electrons. The summed E-state index contributed by atoms with van der Waals surface area (Å²) in [6.07, 6.45) is -0.502. The number of nitrogens with one attached hydrogen (secondary N) is 2. The Morgan fingerprint density at radius 2 is 1.82 bits per heavy atom. The van der Waals surface area contributed by atoms with Gasteiger partial charge in [-0.2, -0.15) is 0 Å². The second kappa shape index (κ2) is 9.22. The van der Waals surface area contributed by atoms with Gasteiger partial charge in [0.05, 0.1) is 23.5 Å². The lowest BCUT2D eigenvalue weighted by atomic mass is 9.82. The minimum Gasteiger partial charge on any atom is -0.427 e. The number of anilines is 1. The quantitative estimate of drug-likeness (QED) is 0.336. The molecule has 0 aromatic heterocycles. The molecule has 3 atom stereocenters. The van der Waals surface area contributed by atoms with E-state index in [-0.39, 0.29) is 23.7 Å². The third-order valence-corrected chi connectivity index (χ3v) is 5.63. The van der Waals surface area contributed by atoms with Crippen molar-refractivity contribution in [3.63, 3.8) is 0 Å². The lowest BCUT2D eigenvalue weighted by Crippen LogP contribution is -2.61. The highest BCUT2D eigenvalue weighted by atomic mass is 16.7. The van der Waals surface area contributed by atoms with E-state index in [1.54, 1.807) is 52.0 Å². The first-order valence-electron chi connectivity index (χ1n) is 10.6. The molecule has 2 heterocycles. The lowest BCUT2D eigenvalue weighted by molar-refractivity contribution is -0.175. The average molecular weight is 459 g/mol. The Kier molecular flexibility index (Phi) is 6.78. The van der Waals surface area contributed by atoms with E-state index in [0.717, 1.165) is 0 Å². The first kappa shape index (κ1) is 24.2. The summed E-state index contributed by atoms with van der Waals surface area (Å²) in [7, 11) is 1.50. The van der Waals surface area contributed by atoms with E-state index >= 15 is 0 Å². The van der Waals surface area contributed by atoms with Crippen LogP contribution in [0.25, 0.3) is 5.57 Å². The summed E-state index contributed by atoms with van der Waals surface area (Å²) >= 11 is 0. The van der Waals surface area contributed by atoms with Gasteiger partial charge in [0.1, 0.15) is 5.70 Å². The van der Waals surface area contributed by atoms with E-state index in [2.05, 4.69) is 10.6 Å². The maximum absolute atomic E-state index is 12.9. The second-order valence-corrected chi connectivity index (χ2v) is 9.09. The summed E-state index contributed by atoms with van der Waals surface area (Å²) in [5, 5.41) is 15.1. The molecule has 1 aromatic carbocycles. The largest absolute Gasteiger partial charge is 0.427 e. The average Bonchev–Trinajstić information content (AvgIpc) is 3.08. The number of nitrogens with zero attached hydrogens (tertiary/aromatic N) is 1. The molecular formula is C23H29N3O7. The predicted molar refractivity (Wildman–Crippen MR) is 118 cm³/mol. The van der Waals surface area contributed by atoms with Crippen LogP contribution < -0.4 is 10.6 Å². The number of β-lactam (4-membered cyclic amide) rings is 1. The zero-order valence-electron chi connectivity index (χ0n) is 19.3. The van der Waals surface area contributed by atoms with E-state index in [9.17, 15) is 24.3 Å². The van der Waals surface area contributed by atoms with Crippen LogP contribution in [0.4, 0.5) is 10.5 Å². The normalized spacial score (nSPS) is 20.5. The monoisotopic (exact) mass is 459 g/mol. The summed E-state index contributed by atoms with van der Waals surface area (Å²) in [4.78, 5) is 50.4. The van der Waals surface area contributed by atoms with Crippen molar-refractivity contribution in [3.05, 3.63) is 35.5 Å². The van der Waals surface area contributed by atoms with Gasteiger partial charge in [0.25, 0.3) is 0 Å². The highest BCUT2D eigenvalue weighted by Gasteiger charge is 2.57. The summed E-state index contributed by atoms with van der Waals surface area (Å²) in [6.45, 7) is 6.00. The van der Waals surface area contributed by atoms with Gasteiger partial charge in [0.15, 0.2) is 0 Å². The van der Waals surface area contributed by atoms with Crippen molar-refractivity contribution in [2.45, 2.75) is 46.3 Å². The Balaban J connectivity index is 1.84. The summed E-state index contributed by atoms with van der Waals surface area (Å²) in [6, 6.07) is 6.06. The molecule has 33 heavy (non-hydrogen) atoms. The Bertz CT molecular complexity index is 992. The van der Waals surface area contributed by atoms with Crippen molar-refractivity contribution in [1.29, 1.82) is 0 Å². The number of esters is 2. The Morgan fingerprint density at radius 3 is 2.36 bits per heavy atom. The van der Waals surface area contributed by atoms with Gasteiger partial charge in [-0.25, -0.2) is 9.59 Å². The number of aliphatic hydroxyl groups is 1. The standard InChI is InChI=1S/C23H29N3O7/c1-12(27)17-16-10-15(13-6-8-14(9-7-13)25-22(31)24-5)18(26(16)19(17)28)20(29)32-11-33-21(30)23(2,3)4/h6-9,12,16-17,27H,10-11H2,1-5H3,(H2,24,25,31)/t12-,16-,17-/m1/s1. The molecule has 2 aliphatic heterocycles. The molecule has 2 aliphatic rings. The molecule has 10 heteroatoms. The van der Waals surface area contributed by atoms with Crippen molar-refractivity contribution >= 4 is 35.1 Å². The van der Waals surface area contributed by atoms with Gasteiger partial charge in [0.2, 0.25) is 12.7 Å². The summed E-state index contributed by atoms with van der Waals surface area (Å²) in [5.41, 5.74) is 1.12. The number of rotatable bonds is 6. The molecule has 3 N–H and O–H groups in total. The molecule has 3 amide bonds. The first-order valence-corrected chi connectivity index (χ1v) is 10.6. The van der Waals surface area contributed by atoms with Crippen LogP contribution in [-0.4, -0.2) is 59.9 Å². The zero-order chi connectivity index (χ0) is 24.5. The van der Waals surface area contributed by atoms with Crippen LogP contribution in [0, 0.1) is 11.3 Å². The molecule has 178 valence electrons.